The number of hydrogen-bond acceptors (Lipinski definition) is 4. The molecule has 1 aliphatic rings. The van der Waals surface area contributed by atoms with Crippen LogP contribution < -0.4 is 10.6 Å². The number of hydrogen-bond donors (Lipinski definition) is 2. The second kappa shape index (κ2) is 10.8. The van der Waals surface area contributed by atoms with Crippen LogP contribution in [0.4, 0.5) is 0 Å². The van der Waals surface area contributed by atoms with Crippen LogP contribution in [-0.4, -0.2) is 30.2 Å². The first kappa shape index (κ1) is 19.1. The van der Waals surface area contributed by atoms with Gasteiger partial charge < -0.3 is 10.6 Å². The topological polar surface area (TPSA) is 99.1 Å². The molecule has 0 radical (unpaired) electrons. The van der Waals surface area contributed by atoms with Crippen LogP contribution in [0.1, 0.15) is 64.7 Å². The van der Waals surface area contributed by atoms with Gasteiger partial charge in [0, 0.05) is 25.4 Å². The third-order valence-electron chi connectivity index (χ3n) is 4.06. The zero-order chi connectivity index (χ0) is 17.1. The summed E-state index contributed by atoms with van der Waals surface area (Å²) in [6.07, 6.45) is 6.69. The summed E-state index contributed by atoms with van der Waals surface area (Å²) in [6.45, 7) is 2.59. The van der Waals surface area contributed by atoms with Crippen molar-refractivity contribution in [1.29, 1.82) is 5.26 Å². The van der Waals surface area contributed by atoms with Crippen LogP contribution in [0.5, 0.6) is 0 Å². The van der Waals surface area contributed by atoms with E-state index in [1.54, 1.807) is 6.07 Å². The van der Waals surface area contributed by atoms with Crippen molar-refractivity contribution in [2.75, 3.05) is 6.54 Å². The summed E-state index contributed by atoms with van der Waals surface area (Å²) in [5.74, 6) is -2.24. The van der Waals surface area contributed by atoms with Gasteiger partial charge in [-0.15, -0.1) is 0 Å². The lowest BCUT2D eigenvalue weighted by molar-refractivity contribution is -0.132. The molecule has 1 fully saturated rings. The van der Waals surface area contributed by atoms with E-state index >= 15 is 0 Å². The van der Waals surface area contributed by atoms with Crippen LogP contribution in [0, 0.1) is 17.2 Å². The molecular formula is C17H27N3O3. The Kier molecular flexibility index (Phi) is 8.96. The van der Waals surface area contributed by atoms with Crippen molar-refractivity contribution >= 4 is 17.6 Å². The molecule has 1 saturated carbocycles. The summed E-state index contributed by atoms with van der Waals surface area (Å²) in [5, 5.41) is 14.7. The Hall–Kier alpha value is -1.90. The summed E-state index contributed by atoms with van der Waals surface area (Å²) in [6, 6.07) is 1.88. The summed E-state index contributed by atoms with van der Waals surface area (Å²) in [7, 11) is 0. The lowest BCUT2D eigenvalue weighted by atomic mass is 9.94. The van der Waals surface area contributed by atoms with Gasteiger partial charge in [0.15, 0.2) is 11.7 Å². The molecule has 2 N–H and O–H groups in total. The van der Waals surface area contributed by atoms with Gasteiger partial charge in [-0.1, -0.05) is 26.2 Å². The van der Waals surface area contributed by atoms with E-state index in [-0.39, 0.29) is 24.8 Å². The number of rotatable bonds is 9. The van der Waals surface area contributed by atoms with Crippen LogP contribution in [0.3, 0.4) is 0 Å². The second-order valence-electron chi connectivity index (χ2n) is 6.08. The fourth-order valence-electron chi connectivity index (χ4n) is 2.73. The average molecular weight is 321 g/mol. The molecular weight excluding hydrogens is 294 g/mol. The Morgan fingerprint density at radius 2 is 1.87 bits per heavy atom. The van der Waals surface area contributed by atoms with Crippen LogP contribution >= 0.6 is 0 Å². The van der Waals surface area contributed by atoms with Gasteiger partial charge in [-0.3, -0.25) is 14.4 Å². The number of nitrogens with one attached hydrogen (secondary N) is 2. The molecule has 1 aliphatic carbocycles. The SMILES string of the molecule is CCCNC(=O)CCCC(=O)C(C#N)C(=O)NC1CCCCC1. The van der Waals surface area contributed by atoms with Crippen LogP contribution in [0.25, 0.3) is 0 Å². The third kappa shape index (κ3) is 7.27. The summed E-state index contributed by atoms with van der Waals surface area (Å²) < 4.78 is 0. The molecule has 0 heterocycles. The lowest BCUT2D eigenvalue weighted by Crippen LogP contribution is -2.42. The third-order valence-corrected chi connectivity index (χ3v) is 4.06. The summed E-state index contributed by atoms with van der Waals surface area (Å²) >= 11 is 0. The van der Waals surface area contributed by atoms with Gasteiger partial charge in [-0.2, -0.15) is 5.26 Å². The van der Waals surface area contributed by atoms with Gasteiger partial charge in [-0.05, 0) is 25.7 Å². The number of carbonyl (C=O) groups excluding carboxylic acids is 3. The molecule has 0 bridgehead atoms. The van der Waals surface area contributed by atoms with E-state index < -0.39 is 17.6 Å². The Balaban J connectivity index is 2.34. The number of nitriles is 1. The van der Waals surface area contributed by atoms with Crippen molar-refractivity contribution in [2.24, 2.45) is 5.92 Å². The number of nitrogens with zero attached hydrogens (tertiary/aromatic N) is 1. The van der Waals surface area contributed by atoms with Crippen molar-refractivity contribution in [3.8, 4) is 6.07 Å². The first-order valence-corrected chi connectivity index (χ1v) is 8.57. The van der Waals surface area contributed by atoms with E-state index in [2.05, 4.69) is 10.6 Å². The molecule has 2 amide bonds. The van der Waals surface area contributed by atoms with Gasteiger partial charge in [0.2, 0.25) is 11.8 Å². The molecule has 6 nitrogen and oxygen atoms in total. The quantitative estimate of drug-likeness (QED) is 0.633. The van der Waals surface area contributed by atoms with Crippen molar-refractivity contribution in [2.45, 2.75) is 70.8 Å². The smallest absolute Gasteiger partial charge is 0.245 e. The van der Waals surface area contributed by atoms with E-state index in [4.69, 9.17) is 5.26 Å². The highest BCUT2D eigenvalue weighted by atomic mass is 16.2. The number of carbonyl (C=O) groups is 3. The standard InChI is InChI=1S/C17H27N3O3/c1-2-11-19-16(22)10-6-9-15(21)14(12-18)17(23)20-13-7-4-3-5-8-13/h13-14H,2-11H2,1H3,(H,19,22)(H,20,23). The summed E-state index contributed by atoms with van der Waals surface area (Å²) in [4.78, 5) is 35.6. The minimum absolute atomic E-state index is 0.0792. The molecule has 0 aromatic carbocycles. The highest BCUT2D eigenvalue weighted by Gasteiger charge is 2.28. The van der Waals surface area contributed by atoms with Crippen molar-refractivity contribution in [3.63, 3.8) is 0 Å². The molecule has 1 atom stereocenters. The van der Waals surface area contributed by atoms with Crippen LogP contribution in [0.15, 0.2) is 0 Å². The molecule has 23 heavy (non-hydrogen) atoms. The van der Waals surface area contributed by atoms with E-state index in [9.17, 15) is 14.4 Å². The van der Waals surface area contributed by atoms with Gasteiger partial charge in [0.05, 0.1) is 6.07 Å². The molecule has 0 aliphatic heterocycles. The minimum atomic E-state index is -1.25. The Labute approximate surface area is 138 Å². The van der Waals surface area contributed by atoms with Crippen LogP contribution in [-0.2, 0) is 14.4 Å². The maximum atomic E-state index is 12.1. The monoisotopic (exact) mass is 321 g/mol. The number of Topliss-reactive ketones (excluding diaryl/α,β-unsaturated/α-hetero) is 1. The van der Waals surface area contributed by atoms with Crippen LogP contribution in [0.2, 0.25) is 0 Å². The number of amides is 2. The predicted molar refractivity (Wildman–Crippen MR) is 86.3 cm³/mol. The highest BCUT2D eigenvalue weighted by Crippen LogP contribution is 2.18. The van der Waals surface area contributed by atoms with Crippen molar-refractivity contribution in [3.05, 3.63) is 0 Å². The highest BCUT2D eigenvalue weighted by molar-refractivity contribution is 6.04. The largest absolute Gasteiger partial charge is 0.356 e. The Bertz CT molecular complexity index is 450. The molecule has 6 heteroatoms. The zero-order valence-corrected chi connectivity index (χ0v) is 13.9. The number of ketones is 1. The molecule has 0 aromatic rings. The van der Waals surface area contributed by atoms with Gasteiger partial charge in [0.1, 0.15) is 0 Å². The molecule has 1 rings (SSSR count). The molecule has 128 valence electrons. The van der Waals surface area contributed by atoms with E-state index in [1.807, 2.05) is 6.92 Å². The Morgan fingerprint density at radius 1 is 1.17 bits per heavy atom. The van der Waals surface area contributed by atoms with E-state index in [1.165, 1.54) is 6.42 Å². The van der Waals surface area contributed by atoms with Gasteiger partial charge >= 0.3 is 0 Å². The summed E-state index contributed by atoms with van der Waals surface area (Å²) in [5.41, 5.74) is 0. The molecule has 1 unspecified atom stereocenters. The fraction of sp³-hybridized carbons (Fsp3) is 0.765. The first-order valence-electron chi connectivity index (χ1n) is 8.57. The van der Waals surface area contributed by atoms with Crippen molar-refractivity contribution < 1.29 is 14.4 Å². The first-order chi connectivity index (χ1) is 11.1. The Morgan fingerprint density at radius 3 is 2.48 bits per heavy atom. The average Bonchev–Trinajstić information content (AvgIpc) is 2.54. The fourth-order valence-corrected chi connectivity index (χ4v) is 2.73. The normalized spacial score (nSPS) is 16.2. The zero-order valence-electron chi connectivity index (χ0n) is 13.9. The second-order valence-corrected chi connectivity index (χ2v) is 6.08. The van der Waals surface area contributed by atoms with Crippen molar-refractivity contribution in [1.82, 2.24) is 10.6 Å². The molecule has 0 saturated heterocycles. The van der Waals surface area contributed by atoms with Gasteiger partial charge in [-0.25, -0.2) is 0 Å². The molecule has 0 aromatic heterocycles. The maximum absolute atomic E-state index is 12.1. The lowest BCUT2D eigenvalue weighted by Gasteiger charge is -2.23. The maximum Gasteiger partial charge on any atom is 0.245 e. The minimum Gasteiger partial charge on any atom is -0.356 e. The predicted octanol–water partition coefficient (Wildman–Crippen LogP) is 1.84. The molecule has 0 spiro atoms. The van der Waals surface area contributed by atoms with E-state index in [0.717, 1.165) is 32.1 Å². The van der Waals surface area contributed by atoms with E-state index in [0.29, 0.717) is 13.0 Å². The van der Waals surface area contributed by atoms with Gasteiger partial charge in [0.25, 0.3) is 0 Å².